The molecular formula is C24H31N5O3S. The van der Waals surface area contributed by atoms with Crippen molar-refractivity contribution >= 4 is 18.1 Å². The van der Waals surface area contributed by atoms with E-state index >= 15 is 0 Å². The van der Waals surface area contributed by atoms with Crippen molar-refractivity contribution in [3.05, 3.63) is 53.3 Å². The number of methoxy groups -OCH3 is 1. The van der Waals surface area contributed by atoms with E-state index in [-0.39, 0.29) is 18.5 Å². The number of ether oxygens (including phenoxy) is 2. The normalized spacial score (nSPS) is 11.1. The van der Waals surface area contributed by atoms with Crippen LogP contribution in [0, 0.1) is 4.77 Å². The van der Waals surface area contributed by atoms with Crippen molar-refractivity contribution in [3.63, 3.8) is 0 Å². The molecule has 2 aromatic carbocycles. The maximum absolute atomic E-state index is 12.2. The number of nitrogens with one attached hydrogen (secondary N) is 1. The van der Waals surface area contributed by atoms with E-state index < -0.39 is 0 Å². The molecule has 1 heterocycles. The van der Waals surface area contributed by atoms with Crippen molar-refractivity contribution in [1.82, 2.24) is 24.6 Å². The molecule has 0 saturated carbocycles. The minimum absolute atomic E-state index is 0.0435. The number of benzene rings is 2. The van der Waals surface area contributed by atoms with Gasteiger partial charge < -0.3 is 14.8 Å². The molecule has 0 aliphatic rings. The average Bonchev–Trinajstić information content (AvgIpc) is 3.09. The molecule has 1 N–H and O–H groups in total. The Morgan fingerprint density at radius 1 is 1.18 bits per heavy atom. The SMILES string of the molecule is CCOc1ccc(-n2c(-c3cccc(OC)c3)nn(CN(C)CC(=O)NC(C)C)c2=S)cc1. The molecule has 0 fully saturated rings. The van der Waals surface area contributed by atoms with Crippen LogP contribution in [-0.2, 0) is 11.5 Å². The highest BCUT2D eigenvalue weighted by Crippen LogP contribution is 2.27. The summed E-state index contributed by atoms with van der Waals surface area (Å²) in [5.74, 6) is 2.16. The maximum atomic E-state index is 12.2. The molecule has 1 aromatic heterocycles. The van der Waals surface area contributed by atoms with Crippen molar-refractivity contribution in [2.24, 2.45) is 0 Å². The molecule has 0 atom stereocenters. The van der Waals surface area contributed by atoms with Gasteiger partial charge >= 0.3 is 0 Å². The van der Waals surface area contributed by atoms with Gasteiger partial charge in [-0.15, -0.1) is 5.10 Å². The van der Waals surface area contributed by atoms with Crippen molar-refractivity contribution in [2.45, 2.75) is 33.5 Å². The second-order valence-corrected chi connectivity index (χ2v) is 8.34. The summed E-state index contributed by atoms with van der Waals surface area (Å²) in [5, 5.41) is 7.72. The first-order valence-electron chi connectivity index (χ1n) is 10.9. The monoisotopic (exact) mass is 469 g/mol. The Balaban J connectivity index is 2.00. The van der Waals surface area contributed by atoms with Gasteiger partial charge in [-0.05, 0) is 76.4 Å². The molecule has 9 heteroatoms. The lowest BCUT2D eigenvalue weighted by Gasteiger charge is -2.17. The fraction of sp³-hybridized carbons (Fsp3) is 0.375. The fourth-order valence-corrected chi connectivity index (χ4v) is 3.72. The van der Waals surface area contributed by atoms with E-state index in [9.17, 15) is 4.79 Å². The summed E-state index contributed by atoms with van der Waals surface area (Å²) in [6, 6.07) is 15.5. The van der Waals surface area contributed by atoms with Gasteiger partial charge in [0.1, 0.15) is 11.5 Å². The molecule has 0 radical (unpaired) electrons. The number of likely N-dealkylation sites (N-methyl/N-ethyl adjacent to an activating group) is 1. The number of aromatic nitrogens is 3. The highest BCUT2D eigenvalue weighted by Gasteiger charge is 2.17. The second kappa shape index (κ2) is 11.1. The van der Waals surface area contributed by atoms with Crippen LogP contribution in [0.4, 0.5) is 0 Å². The molecule has 0 aliphatic carbocycles. The number of carbonyl (C=O) groups is 1. The van der Waals surface area contributed by atoms with Crippen LogP contribution in [0.15, 0.2) is 48.5 Å². The van der Waals surface area contributed by atoms with Gasteiger partial charge in [0.15, 0.2) is 5.82 Å². The first-order valence-corrected chi connectivity index (χ1v) is 11.3. The summed E-state index contributed by atoms with van der Waals surface area (Å²) < 4.78 is 15.1. The molecule has 3 aromatic rings. The molecule has 33 heavy (non-hydrogen) atoms. The maximum Gasteiger partial charge on any atom is 0.234 e. The lowest BCUT2D eigenvalue weighted by molar-refractivity contribution is -0.122. The molecule has 3 rings (SSSR count). The molecule has 0 unspecified atom stereocenters. The number of hydrogen-bond acceptors (Lipinski definition) is 6. The van der Waals surface area contributed by atoms with Crippen molar-refractivity contribution in [1.29, 1.82) is 0 Å². The predicted molar refractivity (Wildman–Crippen MR) is 131 cm³/mol. The first kappa shape index (κ1) is 24.5. The van der Waals surface area contributed by atoms with Gasteiger partial charge in [-0.3, -0.25) is 14.3 Å². The van der Waals surface area contributed by atoms with Crippen LogP contribution in [0.5, 0.6) is 11.5 Å². The van der Waals surface area contributed by atoms with Crippen molar-refractivity contribution in [2.75, 3.05) is 27.3 Å². The van der Waals surface area contributed by atoms with E-state index in [0.29, 0.717) is 23.9 Å². The Bertz CT molecular complexity index is 1140. The number of rotatable bonds is 10. The molecule has 0 saturated heterocycles. The van der Waals surface area contributed by atoms with Crippen LogP contribution in [0.2, 0.25) is 0 Å². The Kier molecular flexibility index (Phi) is 8.24. The number of nitrogens with zero attached hydrogens (tertiary/aromatic N) is 4. The second-order valence-electron chi connectivity index (χ2n) is 7.98. The van der Waals surface area contributed by atoms with Gasteiger partial charge in [-0.25, -0.2) is 4.68 Å². The zero-order valence-electron chi connectivity index (χ0n) is 19.7. The summed E-state index contributed by atoms with van der Waals surface area (Å²) in [6.45, 7) is 7.03. The lowest BCUT2D eigenvalue weighted by atomic mass is 10.2. The largest absolute Gasteiger partial charge is 0.497 e. The Hall–Kier alpha value is -3.17. The number of hydrogen-bond donors (Lipinski definition) is 1. The van der Waals surface area contributed by atoms with E-state index in [2.05, 4.69) is 5.32 Å². The average molecular weight is 470 g/mol. The highest BCUT2D eigenvalue weighted by molar-refractivity contribution is 7.71. The van der Waals surface area contributed by atoms with Gasteiger partial charge in [-0.1, -0.05) is 12.1 Å². The standard InChI is InChI=1S/C24H31N5O3S/c1-6-32-20-12-10-19(11-13-20)29-23(18-8-7-9-21(14-18)31-5)26-28(24(29)33)16-27(4)15-22(30)25-17(2)3/h7-14,17H,6,15-16H2,1-5H3,(H,25,30). The molecule has 0 spiro atoms. The van der Waals surface area contributed by atoms with E-state index in [0.717, 1.165) is 22.7 Å². The first-order chi connectivity index (χ1) is 15.8. The topological polar surface area (TPSA) is 73.5 Å². The molecule has 176 valence electrons. The van der Waals surface area contributed by atoms with Crippen LogP contribution < -0.4 is 14.8 Å². The van der Waals surface area contributed by atoms with E-state index in [1.807, 2.05) is 85.8 Å². The summed E-state index contributed by atoms with van der Waals surface area (Å²) in [5.41, 5.74) is 1.74. The van der Waals surface area contributed by atoms with E-state index in [1.54, 1.807) is 11.8 Å². The van der Waals surface area contributed by atoms with E-state index in [4.69, 9.17) is 26.8 Å². The van der Waals surface area contributed by atoms with Crippen molar-refractivity contribution < 1.29 is 14.3 Å². The smallest absolute Gasteiger partial charge is 0.234 e. The lowest BCUT2D eigenvalue weighted by Crippen LogP contribution is -2.39. The fourth-order valence-electron chi connectivity index (χ4n) is 3.43. The van der Waals surface area contributed by atoms with Crippen LogP contribution in [0.25, 0.3) is 17.1 Å². The number of carbonyl (C=O) groups excluding carboxylic acids is 1. The van der Waals surface area contributed by atoms with Gasteiger partial charge in [-0.2, -0.15) is 0 Å². The Morgan fingerprint density at radius 3 is 2.55 bits per heavy atom. The quantitative estimate of drug-likeness (QED) is 0.454. The Labute approximate surface area is 199 Å². The van der Waals surface area contributed by atoms with Crippen molar-refractivity contribution in [3.8, 4) is 28.6 Å². The molecule has 0 bridgehead atoms. The zero-order chi connectivity index (χ0) is 24.0. The molecule has 8 nitrogen and oxygen atoms in total. The zero-order valence-corrected chi connectivity index (χ0v) is 20.6. The summed E-state index contributed by atoms with van der Waals surface area (Å²) in [6.07, 6.45) is 0. The third-order valence-corrected chi connectivity index (χ3v) is 5.21. The van der Waals surface area contributed by atoms with Gasteiger partial charge in [0, 0.05) is 11.6 Å². The third kappa shape index (κ3) is 6.21. The molecular weight excluding hydrogens is 438 g/mol. The minimum atomic E-state index is -0.0435. The van der Waals surface area contributed by atoms with Crippen LogP contribution in [0.3, 0.4) is 0 Å². The van der Waals surface area contributed by atoms with Gasteiger partial charge in [0.05, 0.1) is 32.6 Å². The van der Waals surface area contributed by atoms with Crippen LogP contribution >= 0.6 is 12.2 Å². The molecule has 1 amide bonds. The summed E-state index contributed by atoms with van der Waals surface area (Å²) in [7, 11) is 3.50. The minimum Gasteiger partial charge on any atom is -0.497 e. The van der Waals surface area contributed by atoms with Crippen LogP contribution in [0.1, 0.15) is 20.8 Å². The van der Waals surface area contributed by atoms with Crippen LogP contribution in [-0.4, -0.2) is 58.5 Å². The summed E-state index contributed by atoms with van der Waals surface area (Å²) in [4.78, 5) is 14.0. The molecule has 0 aliphatic heterocycles. The number of amides is 1. The highest BCUT2D eigenvalue weighted by atomic mass is 32.1. The third-order valence-electron chi connectivity index (χ3n) is 4.81. The van der Waals surface area contributed by atoms with Gasteiger partial charge in [0.25, 0.3) is 0 Å². The van der Waals surface area contributed by atoms with Gasteiger partial charge in [0.2, 0.25) is 10.7 Å². The summed E-state index contributed by atoms with van der Waals surface area (Å²) >= 11 is 5.82. The predicted octanol–water partition coefficient (Wildman–Crippen LogP) is 3.89. The Morgan fingerprint density at radius 2 is 1.91 bits per heavy atom. The van der Waals surface area contributed by atoms with E-state index in [1.165, 1.54) is 0 Å².